The van der Waals surface area contributed by atoms with Crippen LogP contribution in [0.15, 0.2) is 40.8 Å². The summed E-state index contributed by atoms with van der Waals surface area (Å²) in [6.07, 6.45) is 0. The number of benzene rings is 1. The van der Waals surface area contributed by atoms with E-state index in [4.69, 9.17) is 10.2 Å². The lowest BCUT2D eigenvalue weighted by atomic mass is 10.2. The molecule has 3 aromatic rings. The molecule has 0 aliphatic carbocycles. The van der Waals surface area contributed by atoms with Crippen LogP contribution >= 0.6 is 0 Å². The van der Waals surface area contributed by atoms with E-state index in [1.54, 1.807) is 6.07 Å². The normalized spacial score (nSPS) is 10.8. The molecule has 2 heterocycles. The van der Waals surface area contributed by atoms with Crippen molar-refractivity contribution >= 4 is 22.5 Å². The Morgan fingerprint density at radius 2 is 2.10 bits per heavy atom. The molecule has 1 aromatic carbocycles. The van der Waals surface area contributed by atoms with Gasteiger partial charge in [-0.2, -0.15) is 0 Å². The van der Waals surface area contributed by atoms with Gasteiger partial charge in [0.05, 0.1) is 11.0 Å². The van der Waals surface area contributed by atoms with Gasteiger partial charge in [0.25, 0.3) is 5.69 Å². The zero-order chi connectivity index (χ0) is 14.3. The van der Waals surface area contributed by atoms with Crippen molar-refractivity contribution in [3.8, 4) is 11.5 Å². The van der Waals surface area contributed by atoms with Crippen molar-refractivity contribution in [2.75, 3.05) is 5.73 Å². The summed E-state index contributed by atoms with van der Waals surface area (Å²) in [7, 11) is 0. The molecule has 20 heavy (non-hydrogen) atoms. The first kappa shape index (κ1) is 12.2. The molecule has 0 aliphatic heterocycles. The third-order valence-electron chi connectivity index (χ3n) is 3.03. The second kappa shape index (κ2) is 4.34. The number of hydrogen-bond acceptors (Lipinski definition) is 5. The summed E-state index contributed by atoms with van der Waals surface area (Å²) in [5.41, 5.74) is 7.59. The minimum absolute atomic E-state index is 0.0892. The summed E-state index contributed by atoms with van der Waals surface area (Å²) < 4.78 is 5.73. The standard InChI is InChI=1S/C14H11N3O3/c1-8-3-2-4-9-5-12(20-14(8)9)11-6-10(17(18)19)7-13(15)16-11/h2-7H,1H3,(H2,15,16). The number of aromatic nitrogens is 1. The van der Waals surface area contributed by atoms with E-state index in [0.717, 1.165) is 16.5 Å². The number of rotatable bonds is 2. The second-order valence-corrected chi connectivity index (χ2v) is 4.50. The van der Waals surface area contributed by atoms with Crippen LogP contribution in [0.2, 0.25) is 0 Å². The fraction of sp³-hybridized carbons (Fsp3) is 0.0714. The highest BCUT2D eigenvalue weighted by atomic mass is 16.6. The van der Waals surface area contributed by atoms with E-state index >= 15 is 0 Å². The Labute approximate surface area is 114 Å². The minimum atomic E-state index is -0.505. The lowest BCUT2D eigenvalue weighted by Gasteiger charge is -1.99. The van der Waals surface area contributed by atoms with Crippen LogP contribution in [-0.4, -0.2) is 9.91 Å². The first-order chi connectivity index (χ1) is 9.54. The average Bonchev–Trinajstić information content (AvgIpc) is 2.83. The molecule has 6 heteroatoms. The zero-order valence-corrected chi connectivity index (χ0v) is 10.7. The van der Waals surface area contributed by atoms with E-state index in [1.165, 1.54) is 12.1 Å². The summed E-state index contributed by atoms with van der Waals surface area (Å²) in [5.74, 6) is 0.552. The molecule has 0 unspecified atom stereocenters. The highest BCUT2D eigenvalue weighted by Crippen LogP contribution is 2.30. The van der Waals surface area contributed by atoms with Gasteiger partial charge < -0.3 is 10.2 Å². The summed E-state index contributed by atoms with van der Waals surface area (Å²) >= 11 is 0. The number of fused-ring (bicyclic) bond motifs is 1. The van der Waals surface area contributed by atoms with Gasteiger partial charge in [-0.1, -0.05) is 18.2 Å². The predicted molar refractivity (Wildman–Crippen MR) is 75.2 cm³/mol. The van der Waals surface area contributed by atoms with Crippen molar-refractivity contribution in [1.29, 1.82) is 0 Å². The van der Waals surface area contributed by atoms with E-state index in [2.05, 4.69) is 4.98 Å². The summed E-state index contributed by atoms with van der Waals surface area (Å²) in [6, 6.07) is 10.1. The molecule has 0 fully saturated rings. The largest absolute Gasteiger partial charge is 0.454 e. The fourth-order valence-corrected chi connectivity index (χ4v) is 2.10. The number of anilines is 1. The Bertz CT molecular complexity index is 824. The molecule has 3 rings (SSSR count). The number of nitrogen functional groups attached to an aromatic ring is 1. The van der Waals surface area contributed by atoms with Gasteiger partial charge >= 0.3 is 0 Å². The van der Waals surface area contributed by atoms with Crippen molar-refractivity contribution in [3.05, 3.63) is 52.1 Å². The average molecular weight is 269 g/mol. The summed E-state index contributed by atoms with van der Waals surface area (Å²) in [4.78, 5) is 14.4. The number of aryl methyl sites for hydroxylation is 1. The molecule has 0 saturated heterocycles. The second-order valence-electron chi connectivity index (χ2n) is 4.50. The SMILES string of the molecule is Cc1cccc2cc(-c3cc([N+](=O)[O-])cc(N)n3)oc12. The molecule has 100 valence electrons. The first-order valence-electron chi connectivity index (χ1n) is 5.96. The Morgan fingerprint density at radius 3 is 2.80 bits per heavy atom. The van der Waals surface area contributed by atoms with Crippen LogP contribution in [-0.2, 0) is 0 Å². The molecule has 0 aliphatic rings. The quantitative estimate of drug-likeness (QED) is 0.568. The summed E-state index contributed by atoms with van der Waals surface area (Å²) in [5, 5.41) is 11.8. The number of para-hydroxylation sites is 1. The van der Waals surface area contributed by atoms with Gasteiger partial charge in [-0.3, -0.25) is 10.1 Å². The van der Waals surface area contributed by atoms with E-state index < -0.39 is 4.92 Å². The molecule has 6 nitrogen and oxygen atoms in total. The van der Waals surface area contributed by atoms with Gasteiger partial charge in [0.1, 0.15) is 17.1 Å². The molecule has 0 spiro atoms. The van der Waals surface area contributed by atoms with E-state index in [9.17, 15) is 10.1 Å². The van der Waals surface area contributed by atoms with E-state index in [1.807, 2.05) is 25.1 Å². The molecule has 0 bridgehead atoms. The molecule has 2 aromatic heterocycles. The third kappa shape index (κ3) is 1.97. The predicted octanol–water partition coefficient (Wildman–Crippen LogP) is 3.29. The van der Waals surface area contributed by atoms with Crippen LogP contribution in [0.3, 0.4) is 0 Å². The van der Waals surface area contributed by atoms with Crippen LogP contribution in [0.4, 0.5) is 11.5 Å². The molecular weight excluding hydrogens is 258 g/mol. The smallest absolute Gasteiger partial charge is 0.275 e. The fourth-order valence-electron chi connectivity index (χ4n) is 2.10. The van der Waals surface area contributed by atoms with Crippen LogP contribution < -0.4 is 5.73 Å². The molecule has 2 N–H and O–H groups in total. The third-order valence-corrected chi connectivity index (χ3v) is 3.03. The van der Waals surface area contributed by atoms with Crippen LogP contribution in [0, 0.1) is 17.0 Å². The number of pyridine rings is 1. The number of furan rings is 1. The Morgan fingerprint density at radius 1 is 1.30 bits per heavy atom. The Kier molecular flexibility index (Phi) is 2.64. The Balaban J connectivity index is 2.20. The highest BCUT2D eigenvalue weighted by Gasteiger charge is 2.14. The maximum absolute atomic E-state index is 10.9. The minimum Gasteiger partial charge on any atom is -0.454 e. The number of nitro groups is 1. The van der Waals surface area contributed by atoms with Gasteiger partial charge in [0, 0.05) is 11.5 Å². The lowest BCUT2D eigenvalue weighted by molar-refractivity contribution is -0.384. The highest BCUT2D eigenvalue weighted by molar-refractivity contribution is 5.85. The number of nitrogens with two attached hydrogens (primary N) is 1. The topological polar surface area (TPSA) is 95.2 Å². The number of hydrogen-bond donors (Lipinski definition) is 1. The molecule has 0 atom stereocenters. The molecule has 0 amide bonds. The van der Waals surface area contributed by atoms with Gasteiger partial charge in [0.15, 0.2) is 5.76 Å². The number of nitrogens with zero attached hydrogens (tertiary/aromatic N) is 2. The maximum Gasteiger partial charge on any atom is 0.275 e. The van der Waals surface area contributed by atoms with E-state index in [0.29, 0.717) is 11.5 Å². The lowest BCUT2D eigenvalue weighted by Crippen LogP contribution is -1.96. The molecular formula is C14H11N3O3. The zero-order valence-electron chi connectivity index (χ0n) is 10.7. The van der Waals surface area contributed by atoms with Crippen molar-refractivity contribution in [1.82, 2.24) is 4.98 Å². The monoisotopic (exact) mass is 269 g/mol. The van der Waals surface area contributed by atoms with Crippen molar-refractivity contribution in [2.45, 2.75) is 6.92 Å². The van der Waals surface area contributed by atoms with Crippen molar-refractivity contribution in [2.24, 2.45) is 0 Å². The van der Waals surface area contributed by atoms with E-state index in [-0.39, 0.29) is 11.5 Å². The summed E-state index contributed by atoms with van der Waals surface area (Å²) in [6.45, 7) is 1.94. The van der Waals surface area contributed by atoms with Crippen LogP contribution in [0.25, 0.3) is 22.4 Å². The molecule has 0 radical (unpaired) electrons. The Hall–Kier alpha value is -2.89. The maximum atomic E-state index is 10.9. The molecule has 0 saturated carbocycles. The van der Waals surface area contributed by atoms with Gasteiger partial charge in [-0.25, -0.2) is 4.98 Å². The van der Waals surface area contributed by atoms with Crippen LogP contribution in [0.1, 0.15) is 5.56 Å². The van der Waals surface area contributed by atoms with Crippen molar-refractivity contribution < 1.29 is 9.34 Å². The first-order valence-corrected chi connectivity index (χ1v) is 5.96. The van der Waals surface area contributed by atoms with Gasteiger partial charge in [0.2, 0.25) is 0 Å². The van der Waals surface area contributed by atoms with Crippen LogP contribution in [0.5, 0.6) is 0 Å². The van der Waals surface area contributed by atoms with Crippen molar-refractivity contribution in [3.63, 3.8) is 0 Å². The van der Waals surface area contributed by atoms with Gasteiger partial charge in [-0.15, -0.1) is 0 Å². The van der Waals surface area contributed by atoms with Gasteiger partial charge in [-0.05, 0) is 18.6 Å².